The monoisotopic (exact) mass is 568 g/mol. The average Bonchev–Trinajstić information content (AvgIpc) is 3.40. The summed E-state index contributed by atoms with van der Waals surface area (Å²) < 4.78 is 52.8. The molecule has 0 aliphatic heterocycles. The first kappa shape index (κ1) is 29.4. The fourth-order valence-electron chi connectivity index (χ4n) is 4.07. The molecule has 10 heteroatoms. The molecule has 1 atom stereocenters. The first-order valence-electron chi connectivity index (χ1n) is 12.8. The third-order valence-corrected chi connectivity index (χ3v) is 7.62. The summed E-state index contributed by atoms with van der Waals surface area (Å²) in [7, 11) is 1.55. The largest absolute Gasteiger partial charge is 0.598 e. The van der Waals surface area contributed by atoms with Gasteiger partial charge in [0.1, 0.15) is 28.4 Å². The number of furan rings is 1. The molecule has 1 unspecified atom stereocenters. The first-order chi connectivity index (χ1) is 19.1. The molecule has 2 aromatic carbocycles. The van der Waals surface area contributed by atoms with Gasteiger partial charge in [0.05, 0.1) is 38.6 Å². The lowest BCUT2D eigenvalue weighted by molar-refractivity contribution is -0.142. The van der Waals surface area contributed by atoms with Crippen LogP contribution in [0.4, 0.5) is 4.39 Å². The van der Waals surface area contributed by atoms with Crippen LogP contribution in [0, 0.1) is 5.82 Å². The van der Waals surface area contributed by atoms with Crippen molar-refractivity contribution in [2.45, 2.75) is 52.0 Å². The van der Waals surface area contributed by atoms with Crippen LogP contribution in [0.5, 0.6) is 11.5 Å². The van der Waals surface area contributed by atoms with Crippen LogP contribution >= 0.6 is 0 Å². The highest BCUT2D eigenvalue weighted by Gasteiger charge is 2.27. The van der Waals surface area contributed by atoms with Gasteiger partial charge in [0.15, 0.2) is 5.82 Å². The molecule has 0 aliphatic rings. The van der Waals surface area contributed by atoms with Gasteiger partial charge in [-0.15, -0.1) is 4.72 Å². The molecule has 0 aliphatic carbocycles. The zero-order valence-electron chi connectivity index (χ0n) is 23.2. The molecular weight excluding hydrogens is 535 g/mol. The summed E-state index contributed by atoms with van der Waals surface area (Å²) in [6, 6.07) is 12.3. The number of halogens is 1. The Morgan fingerprint density at radius 3 is 2.67 bits per heavy atom. The van der Waals surface area contributed by atoms with Crippen LogP contribution in [0.3, 0.4) is 0 Å². The Morgan fingerprint density at radius 2 is 1.95 bits per heavy atom. The number of benzene rings is 2. The lowest BCUT2D eigenvalue weighted by Gasteiger charge is -2.23. The van der Waals surface area contributed by atoms with Crippen molar-refractivity contribution in [2.24, 2.45) is 0 Å². The number of methoxy groups -OCH3 is 1. The Morgan fingerprint density at radius 1 is 1.15 bits per heavy atom. The zero-order chi connectivity index (χ0) is 28.9. The number of fused-ring (bicyclic) bond motifs is 1. The molecule has 0 amide bonds. The molecule has 0 saturated heterocycles. The summed E-state index contributed by atoms with van der Waals surface area (Å²) in [4.78, 5) is 16.3. The van der Waals surface area contributed by atoms with E-state index in [1.807, 2.05) is 26.8 Å². The van der Waals surface area contributed by atoms with Gasteiger partial charge in [-0.3, -0.25) is 9.78 Å². The van der Waals surface area contributed by atoms with Crippen molar-refractivity contribution in [1.82, 2.24) is 9.71 Å². The molecule has 0 fully saturated rings. The van der Waals surface area contributed by atoms with E-state index >= 15 is 4.39 Å². The number of esters is 1. The number of hydrogen-bond donors (Lipinski definition) is 1. The van der Waals surface area contributed by atoms with Crippen LogP contribution in [0.1, 0.15) is 44.5 Å². The van der Waals surface area contributed by atoms with E-state index in [0.29, 0.717) is 33.8 Å². The van der Waals surface area contributed by atoms with Gasteiger partial charge in [-0.2, -0.15) is 0 Å². The average molecular weight is 569 g/mol. The van der Waals surface area contributed by atoms with Crippen LogP contribution in [0.25, 0.3) is 22.1 Å². The highest BCUT2D eigenvalue weighted by molar-refractivity contribution is 7.90. The maximum Gasteiger partial charge on any atom is 0.310 e. The van der Waals surface area contributed by atoms with Crippen LogP contribution in [0.2, 0.25) is 0 Å². The van der Waals surface area contributed by atoms with Gasteiger partial charge >= 0.3 is 5.97 Å². The fraction of sp³-hybridized carbons (Fsp3) is 0.333. The molecular formula is C30H33FN2O6S. The van der Waals surface area contributed by atoms with Gasteiger partial charge in [-0.1, -0.05) is 6.07 Å². The molecule has 4 aromatic rings. The van der Waals surface area contributed by atoms with Gasteiger partial charge in [-0.05, 0) is 63.6 Å². The quantitative estimate of drug-likeness (QED) is 0.177. The molecule has 2 heterocycles. The molecule has 40 heavy (non-hydrogen) atoms. The van der Waals surface area contributed by atoms with Crippen molar-refractivity contribution >= 4 is 28.3 Å². The maximum absolute atomic E-state index is 15.7. The van der Waals surface area contributed by atoms with E-state index in [-0.39, 0.29) is 37.8 Å². The molecule has 0 spiro atoms. The number of ether oxygens (including phenoxy) is 3. The second kappa shape index (κ2) is 12.7. The van der Waals surface area contributed by atoms with Crippen molar-refractivity contribution in [3.63, 3.8) is 0 Å². The van der Waals surface area contributed by atoms with E-state index in [4.69, 9.17) is 18.6 Å². The number of pyridine rings is 1. The highest BCUT2D eigenvalue weighted by atomic mass is 32.2. The molecule has 1 N–H and O–H groups in total. The minimum atomic E-state index is -1.38. The summed E-state index contributed by atoms with van der Waals surface area (Å²) >= 11 is -1.38. The zero-order valence-corrected chi connectivity index (χ0v) is 24.0. The van der Waals surface area contributed by atoms with E-state index in [1.165, 1.54) is 6.20 Å². The van der Waals surface area contributed by atoms with Crippen molar-refractivity contribution in [1.29, 1.82) is 0 Å². The van der Waals surface area contributed by atoms with Gasteiger partial charge in [0.25, 0.3) is 0 Å². The molecule has 8 nitrogen and oxygen atoms in total. The predicted octanol–water partition coefficient (Wildman–Crippen LogP) is 5.88. The Labute approximate surface area is 236 Å². The van der Waals surface area contributed by atoms with E-state index in [9.17, 15) is 9.35 Å². The molecule has 0 bridgehead atoms. The minimum absolute atomic E-state index is 0.00668. The standard InChI is InChI=1S/C30H33FN2O6S/c1-6-37-27(34)15-20-7-8-22(36-5)16-26(20)39-18-19-13-21-10-12-38-29(21)24(14-19)23-9-11-32-25(28(23)31)17-33-40(35)30(2,3)4/h7-14,16,33H,6,15,17-18H2,1-5H3. The van der Waals surface area contributed by atoms with Crippen LogP contribution in [-0.2, 0) is 40.5 Å². The van der Waals surface area contributed by atoms with Crippen molar-refractivity contribution in [2.75, 3.05) is 13.7 Å². The maximum atomic E-state index is 15.7. The van der Waals surface area contributed by atoms with Crippen molar-refractivity contribution < 1.29 is 32.4 Å². The SMILES string of the molecule is CCOC(=O)Cc1ccc(OC)cc1OCc1cc(-c2ccnc(CN[S+]([O-])C(C)(C)C)c2F)c2occc2c1. The Balaban J connectivity index is 1.63. The first-order valence-corrected chi connectivity index (χ1v) is 14.0. The van der Waals surface area contributed by atoms with Gasteiger partial charge in [-0.25, -0.2) is 4.39 Å². The highest BCUT2D eigenvalue weighted by Crippen LogP contribution is 2.34. The molecule has 2 aromatic heterocycles. The summed E-state index contributed by atoms with van der Waals surface area (Å²) in [5, 5.41) is 0.776. The Hall–Kier alpha value is -3.60. The number of nitrogens with zero attached hydrogens (tertiary/aromatic N) is 1. The second-order valence-electron chi connectivity index (χ2n) is 10.0. The molecule has 212 valence electrons. The number of carbonyl (C=O) groups is 1. The number of aromatic nitrogens is 1. The van der Waals surface area contributed by atoms with Crippen LogP contribution in [-0.4, -0.2) is 34.0 Å². The van der Waals surface area contributed by atoms with Crippen LogP contribution < -0.4 is 14.2 Å². The normalized spacial score (nSPS) is 12.4. The minimum Gasteiger partial charge on any atom is -0.598 e. The number of carbonyl (C=O) groups excluding carboxylic acids is 1. The van der Waals surface area contributed by atoms with Crippen LogP contribution in [0.15, 0.2) is 59.3 Å². The van der Waals surface area contributed by atoms with Gasteiger partial charge < -0.3 is 23.2 Å². The van der Waals surface area contributed by atoms with E-state index in [2.05, 4.69) is 9.71 Å². The summed E-state index contributed by atoms with van der Waals surface area (Å²) in [6.45, 7) is 7.70. The summed E-state index contributed by atoms with van der Waals surface area (Å²) in [5.74, 6) is 0.183. The Bertz CT molecular complexity index is 1480. The summed E-state index contributed by atoms with van der Waals surface area (Å²) in [5.41, 5.74) is 2.94. The lowest BCUT2D eigenvalue weighted by Crippen LogP contribution is -2.39. The van der Waals surface area contributed by atoms with Crippen molar-refractivity contribution in [3.8, 4) is 22.6 Å². The predicted molar refractivity (Wildman–Crippen MR) is 152 cm³/mol. The van der Waals surface area contributed by atoms with Crippen molar-refractivity contribution in [3.05, 3.63) is 77.6 Å². The van der Waals surface area contributed by atoms with E-state index in [1.54, 1.807) is 56.7 Å². The summed E-state index contributed by atoms with van der Waals surface area (Å²) in [6.07, 6.45) is 3.12. The smallest absolute Gasteiger partial charge is 0.310 e. The van der Waals surface area contributed by atoms with E-state index < -0.39 is 21.9 Å². The fourth-order valence-corrected chi connectivity index (χ4v) is 4.77. The number of rotatable bonds is 11. The second-order valence-corrected chi connectivity index (χ2v) is 12.1. The topological polar surface area (TPSA) is 106 Å². The number of nitrogens with one attached hydrogen (secondary N) is 1. The third-order valence-electron chi connectivity index (χ3n) is 6.10. The van der Waals surface area contributed by atoms with Gasteiger partial charge in [0, 0.05) is 45.7 Å². The third kappa shape index (κ3) is 6.93. The lowest BCUT2D eigenvalue weighted by atomic mass is 10.00. The molecule has 0 radical (unpaired) electrons. The molecule has 4 rings (SSSR count). The number of hydrogen-bond acceptors (Lipinski definition) is 8. The van der Waals surface area contributed by atoms with Gasteiger partial charge in [0.2, 0.25) is 0 Å². The molecule has 0 saturated carbocycles. The Kier molecular flexibility index (Phi) is 9.34. The van der Waals surface area contributed by atoms with E-state index in [0.717, 1.165) is 10.9 Å².